The lowest BCUT2D eigenvalue weighted by molar-refractivity contribution is -0.138. The summed E-state index contributed by atoms with van der Waals surface area (Å²) < 4.78 is 23.5. The van der Waals surface area contributed by atoms with Crippen LogP contribution in [0.3, 0.4) is 0 Å². The molecule has 0 atom stereocenters. The van der Waals surface area contributed by atoms with E-state index in [1.54, 1.807) is 13.0 Å². The van der Waals surface area contributed by atoms with Crippen molar-refractivity contribution in [1.82, 2.24) is 0 Å². The molecule has 8 heteroatoms. The van der Waals surface area contributed by atoms with Gasteiger partial charge in [-0.1, -0.05) is 18.2 Å². The lowest BCUT2D eigenvalue weighted by Crippen LogP contribution is -2.08. The Hall–Kier alpha value is -3.18. The minimum atomic E-state index is -0.753. The highest BCUT2D eigenvalue weighted by Crippen LogP contribution is 2.31. The van der Waals surface area contributed by atoms with E-state index in [4.69, 9.17) is 15.2 Å². The average Bonchev–Trinajstić information content (AvgIpc) is 2.95. The van der Waals surface area contributed by atoms with Crippen LogP contribution in [-0.4, -0.2) is 18.5 Å². The van der Waals surface area contributed by atoms with Gasteiger partial charge in [0.05, 0.1) is 12.2 Å². The maximum absolute atomic E-state index is 13.5. The number of nitrogens with zero attached hydrogens (tertiary/aromatic N) is 1. The number of hydrogen-bond acceptors (Lipinski definition) is 7. The first kappa shape index (κ1) is 19.1. The molecule has 1 heterocycles. The topological polar surface area (TPSA) is 102 Å². The molecule has 6 nitrogen and oxygen atoms in total. The van der Waals surface area contributed by atoms with Gasteiger partial charge in [0.25, 0.3) is 0 Å². The first-order valence-corrected chi connectivity index (χ1v) is 8.37. The summed E-state index contributed by atoms with van der Waals surface area (Å²) in [7, 11) is 0. The van der Waals surface area contributed by atoms with Crippen LogP contribution in [0.25, 0.3) is 6.08 Å². The number of hydrogen-bond donors (Lipinski definition) is 1. The zero-order chi connectivity index (χ0) is 19.1. The molecule has 2 aromatic rings. The monoisotopic (exact) mass is 374 g/mol. The van der Waals surface area contributed by atoms with Crippen molar-refractivity contribution in [2.24, 2.45) is 0 Å². The molecule has 0 aliphatic rings. The molecule has 0 aliphatic heterocycles. The Labute approximate surface area is 153 Å². The van der Waals surface area contributed by atoms with E-state index in [1.807, 2.05) is 6.07 Å². The molecule has 0 saturated heterocycles. The highest BCUT2D eigenvalue weighted by Gasteiger charge is 2.23. The molecule has 0 bridgehead atoms. The second kappa shape index (κ2) is 8.78. The lowest BCUT2D eigenvalue weighted by Gasteiger charge is -2.05. The Morgan fingerprint density at radius 2 is 2.08 bits per heavy atom. The summed E-state index contributed by atoms with van der Waals surface area (Å²) in [6, 6.07) is 7.83. The molecule has 1 aromatic carbocycles. The van der Waals surface area contributed by atoms with Crippen LogP contribution in [-0.2, 0) is 20.9 Å². The zero-order valence-electron chi connectivity index (χ0n) is 13.8. The molecule has 0 fully saturated rings. The van der Waals surface area contributed by atoms with E-state index in [-0.39, 0.29) is 39.8 Å². The van der Waals surface area contributed by atoms with Gasteiger partial charge in [-0.2, -0.15) is 5.26 Å². The van der Waals surface area contributed by atoms with Crippen molar-refractivity contribution in [1.29, 1.82) is 5.26 Å². The fourth-order valence-corrected chi connectivity index (χ4v) is 2.98. The minimum Gasteiger partial charge on any atom is -0.462 e. The van der Waals surface area contributed by atoms with Crippen molar-refractivity contribution in [2.45, 2.75) is 13.5 Å². The molecule has 0 aliphatic carbocycles. The van der Waals surface area contributed by atoms with Gasteiger partial charge < -0.3 is 15.2 Å². The summed E-state index contributed by atoms with van der Waals surface area (Å²) in [5.41, 5.74) is 6.24. The molecular weight excluding hydrogens is 359 g/mol. The van der Waals surface area contributed by atoms with Gasteiger partial charge in [0.1, 0.15) is 28.4 Å². The fraction of sp³-hybridized carbons (Fsp3) is 0.167. The van der Waals surface area contributed by atoms with Gasteiger partial charge in [-0.05, 0) is 19.1 Å². The number of nitrogen functional groups attached to an aromatic ring is 1. The Bertz CT molecular complexity index is 899. The number of benzene rings is 1. The Morgan fingerprint density at radius 3 is 2.73 bits per heavy atom. The first-order valence-electron chi connectivity index (χ1n) is 7.55. The van der Waals surface area contributed by atoms with E-state index < -0.39 is 17.8 Å². The van der Waals surface area contributed by atoms with Crippen LogP contribution in [0, 0.1) is 17.1 Å². The number of nitrogens with two attached hydrogens (primary N) is 1. The third-order valence-electron chi connectivity index (χ3n) is 3.27. The third-order valence-corrected chi connectivity index (χ3v) is 4.31. The van der Waals surface area contributed by atoms with E-state index in [0.29, 0.717) is 0 Å². The summed E-state index contributed by atoms with van der Waals surface area (Å²) in [4.78, 5) is 23.9. The fourth-order valence-electron chi connectivity index (χ4n) is 2.07. The largest absolute Gasteiger partial charge is 0.462 e. The van der Waals surface area contributed by atoms with Gasteiger partial charge in [-0.25, -0.2) is 14.0 Å². The van der Waals surface area contributed by atoms with Crippen LogP contribution in [0.4, 0.5) is 9.39 Å². The Balaban J connectivity index is 2.13. The van der Waals surface area contributed by atoms with Crippen molar-refractivity contribution in [3.05, 3.63) is 57.7 Å². The van der Waals surface area contributed by atoms with Gasteiger partial charge in [0.15, 0.2) is 0 Å². The van der Waals surface area contributed by atoms with Crippen molar-refractivity contribution in [3.63, 3.8) is 0 Å². The van der Waals surface area contributed by atoms with Crippen LogP contribution < -0.4 is 5.73 Å². The maximum Gasteiger partial charge on any atom is 0.348 e. The zero-order valence-corrected chi connectivity index (χ0v) is 14.6. The Kier molecular flexibility index (Phi) is 6.47. The maximum atomic E-state index is 13.5. The lowest BCUT2D eigenvalue weighted by atomic mass is 10.1. The van der Waals surface area contributed by atoms with Gasteiger partial charge in [-0.3, -0.25) is 0 Å². The first-order chi connectivity index (χ1) is 12.5. The number of halogens is 1. The summed E-state index contributed by atoms with van der Waals surface area (Å²) in [5, 5.41) is 9.34. The number of ether oxygens (including phenoxy) is 2. The molecule has 0 saturated carbocycles. The van der Waals surface area contributed by atoms with E-state index in [0.717, 1.165) is 17.4 Å². The quantitative estimate of drug-likeness (QED) is 0.615. The van der Waals surface area contributed by atoms with E-state index in [2.05, 4.69) is 0 Å². The average molecular weight is 374 g/mol. The van der Waals surface area contributed by atoms with Crippen molar-refractivity contribution >= 4 is 34.4 Å². The van der Waals surface area contributed by atoms with E-state index in [9.17, 15) is 19.2 Å². The van der Waals surface area contributed by atoms with Crippen LogP contribution in [0.15, 0.2) is 30.3 Å². The van der Waals surface area contributed by atoms with Crippen LogP contribution in [0.5, 0.6) is 0 Å². The van der Waals surface area contributed by atoms with Gasteiger partial charge >= 0.3 is 11.9 Å². The highest BCUT2D eigenvalue weighted by molar-refractivity contribution is 7.18. The van der Waals surface area contributed by atoms with Gasteiger partial charge in [-0.15, -0.1) is 11.3 Å². The summed E-state index contributed by atoms with van der Waals surface area (Å²) in [6.45, 7) is 1.47. The number of carbonyl (C=O) groups excluding carboxylic acids is 2. The predicted molar refractivity (Wildman–Crippen MR) is 94.6 cm³/mol. The van der Waals surface area contributed by atoms with Crippen molar-refractivity contribution in [3.8, 4) is 6.07 Å². The number of esters is 2. The molecule has 26 heavy (non-hydrogen) atoms. The SMILES string of the molecule is CCOC(=O)c1sc(N)c(C#N)c1COC(=O)/C=C/c1ccccc1F. The standard InChI is InChI=1S/C18H15FN2O4S/c1-2-24-18(23)16-13(12(9-20)17(21)26-16)10-25-15(22)8-7-11-5-3-4-6-14(11)19/h3-8H,2,10,21H2,1H3/b8-7+. The molecule has 0 unspecified atom stereocenters. The molecule has 134 valence electrons. The second-order valence-corrected chi connectivity index (χ2v) is 6.00. The van der Waals surface area contributed by atoms with E-state index in [1.165, 1.54) is 24.3 Å². The molecule has 1 aromatic heterocycles. The van der Waals surface area contributed by atoms with Crippen molar-refractivity contribution in [2.75, 3.05) is 12.3 Å². The van der Waals surface area contributed by atoms with Crippen LogP contribution in [0.1, 0.15) is 33.3 Å². The van der Waals surface area contributed by atoms with Crippen molar-refractivity contribution < 1.29 is 23.5 Å². The summed E-state index contributed by atoms with van der Waals surface area (Å²) in [6.07, 6.45) is 2.33. The van der Waals surface area contributed by atoms with Crippen LogP contribution in [0.2, 0.25) is 0 Å². The smallest absolute Gasteiger partial charge is 0.348 e. The normalized spacial score (nSPS) is 10.5. The van der Waals surface area contributed by atoms with Crippen LogP contribution >= 0.6 is 11.3 Å². The number of nitriles is 1. The molecule has 2 rings (SSSR count). The summed E-state index contributed by atoms with van der Waals surface area (Å²) >= 11 is 0.899. The molecule has 0 amide bonds. The number of carbonyl (C=O) groups is 2. The van der Waals surface area contributed by atoms with E-state index >= 15 is 0 Å². The second-order valence-electron chi connectivity index (χ2n) is 4.94. The van der Waals surface area contributed by atoms with Gasteiger partial charge in [0.2, 0.25) is 0 Å². The minimum absolute atomic E-state index is 0.0731. The number of thiophene rings is 1. The number of rotatable bonds is 6. The Morgan fingerprint density at radius 1 is 1.35 bits per heavy atom. The summed E-state index contributed by atoms with van der Waals surface area (Å²) in [5.74, 6) is -1.87. The predicted octanol–water partition coefficient (Wildman–Crippen LogP) is 3.27. The van der Waals surface area contributed by atoms with Gasteiger partial charge in [0, 0.05) is 17.2 Å². The highest BCUT2D eigenvalue weighted by atomic mass is 32.1. The molecule has 0 spiro atoms. The molecular formula is C18H15FN2O4S. The molecule has 0 radical (unpaired) electrons. The number of anilines is 1. The third kappa shape index (κ3) is 4.46. The molecule has 2 N–H and O–H groups in total.